The number of carbonyl (C=O) groups is 2. The Bertz CT molecular complexity index is 903. The highest BCUT2D eigenvalue weighted by molar-refractivity contribution is 6.07. The summed E-state index contributed by atoms with van der Waals surface area (Å²) in [6.45, 7) is 0. The number of ketones is 1. The summed E-state index contributed by atoms with van der Waals surface area (Å²) < 4.78 is 5.43. The van der Waals surface area contributed by atoms with Crippen LogP contribution in [0.4, 0.5) is 0 Å². The molecule has 122 valence electrons. The van der Waals surface area contributed by atoms with Crippen molar-refractivity contribution in [3.63, 3.8) is 0 Å². The van der Waals surface area contributed by atoms with Crippen LogP contribution in [0.15, 0.2) is 85.2 Å². The second kappa shape index (κ2) is 7.84. The molecule has 1 aromatic heterocycles. The van der Waals surface area contributed by atoms with E-state index in [2.05, 4.69) is 4.98 Å². The number of carbonyl (C=O) groups excluding carboxylic acids is 2. The third-order valence-electron chi connectivity index (χ3n) is 3.49. The Morgan fingerprint density at radius 3 is 2.32 bits per heavy atom. The Balaban J connectivity index is 1.78. The van der Waals surface area contributed by atoms with E-state index >= 15 is 0 Å². The van der Waals surface area contributed by atoms with Crippen LogP contribution in [0.3, 0.4) is 0 Å². The fourth-order valence-electron chi connectivity index (χ4n) is 2.22. The van der Waals surface area contributed by atoms with Crippen LogP contribution in [-0.4, -0.2) is 16.7 Å². The topological polar surface area (TPSA) is 56.3 Å². The number of esters is 1. The van der Waals surface area contributed by atoms with Gasteiger partial charge >= 0.3 is 5.97 Å². The molecule has 0 atom stereocenters. The van der Waals surface area contributed by atoms with Gasteiger partial charge in [0.2, 0.25) is 0 Å². The second-order valence-electron chi connectivity index (χ2n) is 5.23. The summed E-state index contributed by atoms with van der Waals surface area (Å²) in [7, 11) is 0. The highest BCUT2D eigenvalue weighted by Gasteiger charge is 2.10. The summed E-state index contributed by atoms with van der Waals surface area (Å²) in [6, 6.07) is 19.3. The number of hydrogen-bond donors (Lipinski definition) is 0. The fraction of sp³-hybridized carbons (Fsp3) is 0. The second-order valence-corrected chi connectivity index (χ2v) is 5.23. The Kier molecular flexibility index (Phi) is 5.12. The van der Waals surface area contributed by atoms with Gasteiger partial charge in [0.15, 0.2) is 5.78 Å². The van der Waals surface area contributed by atoms with E-state index in [-0.39, 0.29) is 5.78 Å². The van der Waals surface area contributed by atoms with Crippen LogP contribution in [0.2, 0.25) is 0 Å². The molecular formula is C21H15NO3. The van der Waals surface area contributed by atoms with Gasteiger partial charge in [0, 0.05) is 23.5 Å². The standard InChI is InChI=1S/C21H15NO3/c23-19(16-7-2-1-3-8-16)13-12-17-9-4-5-11-20(17)25-21(24)18-10-6-14-22-15-18/h1-15H/b13-12+. The lowest BCUT2D eigenvalue weighted by atomic mass is 10.1. The monoisotopic (exact) mass is 329 g/mol. The molecule has 0 N–H and O–H groups in total. The molecule has 3 rings (SSSR count). The van der Waals surface area contributed by atoms with Crippen LogP contribution < -0.4 is 4.74 Å². The number of pyridine rings is 1. The van der Waals surface area contributed by atoms with Gasteiger partial charge in [-0.2, -0.15) is 0 Å². The lowest BCUT2D eigenvalue weighted by molar-refractivity contribution is 0.0734. The zero-order valence-electron chi connectivity index (χ0n) is 13.3. The van der Waals surface area contributed by atoms with Crippen LogP contribution in [0.5, 0.6) is 5.75 Å². The van der Waals surface area contributed by atoms with Crippen LogP contribution in [0.25, 0.3) is 6.08 Å². The van der Waals surface area contributed by atoms with Crippen LogP contribution in [0, 0.1) is 0 Å². The zero-order chi connectivity index (χ0) is 17.5. The third kappa shape index (κ3) is 4.26. The molecule has 3 aromatic rings. The SMILES string of the molecule is O=C(/C=C/c1ccccc1OC(=O)c1cccnc1)c1ccccc1. The van der Waals surface area contributed by atoms with Crippen molar-refractivity contribution in [3.05, 3.63) is 102 Å². The minimum absolute atomic E-state index is 0.117. The molecule has 4 nitrogen and oxygen atoms in total. The van der Waals surface area contributed by atoms with Crippen molar-refractivity contribution in [3.8, 4) is 5.75 Å². The first-order chi connectivity index (χ1) is 12.2. The van der Waals surface area contributed by atoms with Gasteiger partial charge in [0.25, 0.3) is 0 Å². The lowest BCUT2D eigenvalue weighted by Crippen LogP contribution is -2.09. The van der Waals surface area contributed by atoms with Gasteiger partial charge in [-0.15, -0.1) is 0 Å². The Morgan fingerprint density at radius 1 is 0.840 bits per heavy atom. The molecule has 0 bridgehead atoms. The molecule has 0 aliphatic heterocycles. The van der Waals surface area contributed by atoms with Gasteiger partial charge < -0.3 is 4.74 Å². The van der Waals surface area contributed by atoms with Crippen molar-refractivity contribution in [1.82, 2.24) is 4.98 Å². The van der Waals surface area contributed by atoms with E-state index in [0.29, 0.717) is 22.4 Å². The van der Waals surface area contributed by atoms with Gasteiger partial charge in [-0.05, 0) is 30.4 Å². The molecule has 0 spiro atoms. The van der Waals surface area contributed by atoms with Crippen molar-refractivity contribution in [2.45, 2.75) is 0 Å². The number of nitrogens with zero attached hydrogens (tertiary/aromatic N) is 1. The maximum Gasteiger partial charge on any atom is 0.345 e. The van der Waals surface area contributed by atoms with E-state index in [4.69, 9.17) is 4.74 Å². The summed E-state index contributed by atoms with van der Waals surface area (Å²) in [4.78, 5) is 28.2. The molecule has 2 aromatic carbocycles. The molecule has 0 radical (unpaired) electrons. The van der Waals surface area contributed by atoms with E-state index in [1.807, 2.05) is 24.3 Å². The van der Waals surface area contributed by atoms with E-state index in [1.165, 1.54) is 12.3 Å². The minimum atomic E-state index is -0.497. The summed E-state index contributed by atoms with van der Waals surface area (Å²) in [5, 5.41) is 0. The normalized spacial score (nSPS) is 10.6. The number of allylic oxidation sites excluding steroid dienone is 1. The van der Waals surface area contributed by atoms with E-state index in [0.717, 1.165) is 0 Å². The quantitative estimate of drug-likeness (QED) is 0.305. The first kappa shape index (κ1) is 16.3. The third-order valence-corrected chi connectivity index (χ3v) is 3.49. The Hall–Kier alpha value is -3.53. The van der Waals surface area contributed by atoms with Crippen molar-refractivity contribution in [2.24, 2.45) is 0 Å². The number of aromatic nitrogens is 1. The van der Waals surface area contributed by atoms with Crippen molar-refractivity contribution >= 4 is 17.8 Å². The molecule has 0 unspecified atom stereocenters. The molecule has 0 aliphatic rings. The first-order valence-corrected chi connectivity index (χ1v) is 7.73. The van der Waals surface area contributed by atoms with Gasteiger partial charge in [0.05, 0.1) is 5.56 Å². The molecule has 4 heteroatoms. The number of para-hydroxylation sites is 1. The molecule has 25 heavy (non-hydrogen) atoms. The molecule has 0 saturated heterocycles. The molecular weight excluding hydrogens is 314 g/mol. The van der Waals surface area contributed by atoms with Gasteiger partial charge in [-0.1, -0.05) is 48.5 Å². The Labute approximate surface area is 145 Å². The number of ether oxygens (including phenoxy) is 1. The lowest BCUT2D eigenvalue weighted by Gasteiger charge is -2.07. The zero-order valence-corrected chi connectivity index (χ0v) is 13.3. The Morgan fingerprint density at radius 2 is 1.56 bits per heavy atom. The molecule has 1 heterocycles. The molecule has 0 amide bonds. The van der Waals surface area contributed by atoms with Crippen molar-refractivity contribution in [1.29, 1.82) is 0 Å². The summed E-state index contributed by atoms with van der Waals surface area (Å²) >= 11 is 0. The molecule has 0 aliphatic carbocycles. The number of benzene rings is 2. The molecule has 0 fully saturated rings. The largest absolute Gasteiger partial charge is 0.422 e. The smallest absolute Gasteiger partial charge is 0.345 e. The predicted octanol–water partition coefficient (Wildman–Crippen LogP) is 4.20. The maximum atomic E-state index is 12.2. The highest BCUT2D eigenvalue weighted by atomic mass is 16.5. The average Bonchev–Trinajstić information content (AvgIpc) is 2.68. The average molecular weight is 329 g/mol. The number of rotatable bonds is 5. The number of hydrogen-bond acceptors (Lipinski definition) is 4. The van der Waals surface area contributed by atoms with E-state index < -0.39 is 5.97 Å². The predicted molar refractivity (Wildman–Crippen MR) is 95.4 cm³/mol. The highest BCUT2D eigenvalue weighted by Crippen LogP contribution is 2.21. The van der Waals surface area contributed by atoms with E-state index in [9.17, 15) is 9.59 Å². The van der Waals surface area contributed by atoms with E-state index in [1.54, 1.807) is 54.7 Å². The minimum Gasteiger partial charge on any atom is -0.422 e. The van der Waals surface area contributed by atoms with Crippen LogP contribution >= 0.6 is 0 Å². The van der Waals surface area contributed by atoms with Crippen LogP contribution in [0.1, 0.15) is 26.3 Å². The van der Waals surface area contributed by atoms with Gasteiger partial charge in [-0.3, -0.25) is 9.78 Å². The van der Waals surface area contributed by atoms with Crippen molar-refractivity contribution in [2.75, 3.05) is 0 Å². The summed E-state index contributed by atoms with van der Waals surface area (Å²) in [5.74, 6) is -0.231. The summed E-state index contributed by atoms with van der Waals surface area (Å²) in [5.41, 5.74) is 1.61. The van der Waals surface area contributed by atoms with Gasteiger partial charge in [0.1, 0.15) is 5.75 Å². The van der Waals surface area contributed by atoms with Crippen molar-refractivity contribution < 1.29 is 14.3 Å². The maximum absolute atomic E-state index is 12.2. The molecule has 0 saturated carbocycles. The first-order valence-electron chi connectivity index (χ1n) is 7.73. The van der Waals surface area contributed by atoms with Crippen LogP contribution in [-0.2, 0) is 0 Å². The van der Waals surface area contributed by atoms with Gasteiger partial charge in [-0.25, -0.2) is 4.79 Å². The summed E-state index contributed by atoms with van der Waals surface area (Å²) in [6.07, 6.45) is 6.13. The fourth-order valence-corrected chi connectivity index (χ4v) is 2.22.